The molecule has 4 aliphatic rings. The minimum absolute atomic E-state index is 0.000550. The molecule has 2 aromatic rings. The fraction of sp³-hybridized carbons (Fsp3) is 0.520. The molecular weight excluding hydrogens is 376 g/mol. The maximum Gasteiger partial charge on any atom is 0.309 e. The van der Waals surface area contributed by atoms with E-state index in [1.54, 1.807) is 0 Å². The van der Waals surface area contributed by atoms with E-state index in [-0.39, 0.29) is 24.2 Å². The molecule has 1 aromatic heterocycles. The first-order valence-electron chi connectivity index (χ1n) is 11.2. The average molecular weight is 407 g/mol. The Hall–Kier alpha value is -2.24. The summed E-state index contributed by atoms with van der Waals surface area (Å²) in [5.41, 5.74) is 2.00. The van der Waals surface area contributed by atoms with Crippen molar-refractivity contribution >= 4 is 16.9 Å². The number of nitrogens with zero attached hydrogens (tertiary/aromatic N) is 2. The number of esters is 1. The van der Waals surface area contributed by atoms with Crippen LogP contribution in [-0.2, 0) is 14.3 Å². The predicted octanol–water partition coefficient (Wildman–Crippen LogP) is 4.28. The molecule has 6 rings (SSSR count). The Morgan fingerprint density at radius 1 is 1.33 bits per heavy atom. The van der Waals surface area contributed by atoms with Crippen molar-refractivity contribution in [2.45, 2.75) is 50.4 Å². The highest BCUT2D eigenvalue weighted by atomic mass is 16.5. The molecular formula is C25H30N2O3. The molecule has 4 aliphatic heterocycles. The van der Waals surface area contributed by atoms with Crippen molar-refractivity contribution in [2.24, 2.45) is 11.8 Å². The van der Waals surface area contributed by atoms with Gasteiger partial charge in [0.2, 0.25) is 0 Å². The first-order chi connectivity index (χ1) is 14.7. The summed E-state index contributed by atoms with van der Waals surface area (Å²) in [5.74, 6) is 0.994. The molecule has 158 valence electrons. The number of benzene rings is 1. The predicted molar refractivity (Wildman–Crippen MR) is 116 cm³/mol. The summed E-state index contributed by atoms with van der Waals surface area (Å²) in [6, 6.07) is 10.4. The molecule has 5 heteroatoms. The third-order valence-electron chi connectivity index (χ3n) is 7.17. The third kappa shape index (κ3) is 3.77. The molecule has 1 aromatic carbocycles. The van der Waals surface area contributed by atoms with Gasteiger partial charge in [0.05, 0.1) is 24.1 Å². The highest BCUT2D eigenvalue weighted by molar-refractivity contribution is 5.82. The quantitative estimate of drug-likeness (QED) is 0.529. The van der Waals surface area contributed by atoms with Gasteiger partial charge in [-0.25, -0.2) is 0 Å². The van der Waals surface area contributed by atoms with E-state index in [0.717, 1.165) is 55.4 Å². The van der Waals surface area contributed by atoms with Gasteiger partial charge in [-0.2, -0.15) is 0 Å². The summed E-state index contributed by atoms with van der Waals surface area (Å²) in [5, 5.41) is 1.07. The van der Waals surface area contributed by atoms with E-state index in [2.05, 4.69) is 28.6 Å². The van der Waals surface area contributed by atoms with Gasteiger partial charge in [0.1, 0.15) is 6.10 Å². The standard InChI is InChI=1S/C25H30N2O3/c1-2-17-16-27-12-10-18(17)14-23(27)25(30-24(28)15-19-6-5-13-29-19)21-9-11-26-22-8-4-3-7-20(21)22/h2-4,7-9,11,17-19,23,25H,1,5-6,10,12-16H2/t17-,18+,19-,23-,25+/m1/s1. The maximum absolute atomic E-state index is 12.9. The first-order valence-corrected chi connectivity index (χ1v) is 11.2. The van der Waals surface area contributed by atoms with Gasteiger partial charge in [-0.15, -0.1) is 6.58 Å². The topological polar surface area (TPSA) is 51.7 Å². The van der Waals surface area contributed by atoms with E-state index in [1.807, 2.05) is 30.5 Å². The van der Waals surface area contributed by atoms with Gasteiger partial charge in [0.15, 0.2) is 0 Å². The van der Waals surface area contributed by atoms with Crippen LogP contribution in [0.4, 0.5) is 0 Å². The number of carbonyl (C=O) groups is 1. The van der Waals surface area contributed by atoms with Crippen LogP contribution in [0.15, 0.2) is 49.2 Å². The smallest absolute Gasteiger partial charge is 0.309 e. The fourth-order valence-electron chi connectivity index (χ4n) is 5.59. The SMILES string of the molecule is C=C[C@@H]1CN2CC[C@H]1C[C@@H]2[C@@H](OC(=O)C[C@H]1CCCO1)c1ccnc2ccccc12. The number of pyridine rings is 1. The van der Waals surface area contributed by atoms with E-state index in [9.17, 15) is 4.79 Å². The number of carbonyl (C=O) groups excluding carboxylic acids is 1. The van der Waals surface area contributed by atoms with Crippen LogP contribution in [0.3, 0.4) is 0 Å². The Morgan fingerprint density at radius 2 is 2.23 bits per heavy atom. The Labute approximate surface area is 178 Å². The van der Waals surface area contributed by atoms with Crippen LogP contribution < -0.4 is 0 Å². The molecule has 2 bridgehead atoms. The Kier molecular flexibility index (Phi) is 5.57. The average Bonchev–Trinajstić information content (AvgIpc) is 3.30. The van der Waals surface area contributed by atoms with Gasteiger partial charge in [0.25, 0.3) is 0 Å². The largest absolute Gasteiger partial charge is 0.456 e. The van der Waals surface area contributed by atoms with Crippen LogP contribution in [0.5, 0.6) is 0 Å². The number of fused-ring (bicyclic) bond motifs is 4. The van der Waals surface area contributed by atoms with Crippen LogP contribution in [0.25, 0.3) is 10.9 Å². The van der Waals surface area contributed by atoms with Crippen LogP contribution >= 0.6 is 0 Å². The van der Waals surface area contributed by atoms with Crippen LogP contribution in [0, 0.1) is 11.8 Å². The van der Waals surface area contributed by atoms with Crippen molar-refractivity contribution in [3.05, 3.63) is 54.7 Å². The molecule has 0 spiro atoms. The van der Waals surface area contributed by atoms with Gasteiger partial charge in [-0.05, 0) is 56.2 Å². The first kappa shape index (κ1) is 19.7. The van der Waals surface area contributed by atoms with E-state index < -0.39 is 0 Å². The Balaban J connectivity index is 1.46. The molecule has 1 unspecified atom stereocenters. The van der Waals surface area contributed by atoms with E-state index >= 15 is 0 Å². The minimum Gasteiger partial charge on any atom is -0.456 e. The summed E-state index contributed by atoms with van der Waals surface area (Å²) in [6.45, 7) is 6.85. The van der Waals surface area contributed by atoms with Crippen LogP contribution in [0.2, 0.25) is 0 Å². The number of para-hydroxylation sites is 1. The van der Waals surface area contributed by atoms with Crippen molar-refractivity contribution in [2.75, 3.05) is 19.7 Å². The zero-order chi connectivity index (χ0) is 20.5. The Bertz CT molecular complexity index is 918. The van der Waals surface area contributed by atoms with Crippen molar-refractivity contribution < 1.29 is 14.3 Å². The van der Waals surface area contributed by atoms with Crippen LogP contribution in [0.1, 0.15) is 43.8 Å². The van der Waals surface area contributed by atoms with Gasteiger partial charge >= 0.3 is 5.97 Å². The summed E-state index contributed by atoms with van der Waals surface area (Å²) >= 11 is 0. The molecule has 0 aliphatic carbocycles. The van der Waals surface area contributed by atoms with E-state index in [1.165, 1.54) is 6.42 Å². The van der Waals surface area contributed by atoms with Crippen LogP contribution in [-0.4, -0.2) is 47.7 Å². The normalized spacial score (nSPS) is 31.5. The second kappa shape index (κ2) is 8.48. The summed E-state index contributed by atoms with van der Waals surface area (Å²) < 4.78 is 11.9. The molecule has 6 atom stereocenters. The molecule has 30 heavy (non-hydrogen) atoms. The Morgan fingerprint density at radius 3 is 3.00 bits per heavy atom. The van der Waals surface area contributed by atoms with E-state index in [4.69, 9.17) is 9.47 Å². The molecule has 4 fully saturated rings. The molecule has 5 nitrogen and oxygen atoms in total. The van der Waals surface area contributed by atoms with Crippen molar-refractivity contribution in [1.29, 1.82) is 0 Å². The molecule has 0 amide bonds. The van der Waals surface area contributed by atoms with E-state index in [0.29, 0.717) is 18.3 Å². The minimum atomic E-state index is -0.291. The zero-order valence-corrected chi connectivity index (χ0v) is 17.4. The molecule has 0 N–H and O–H groups in total. The van der Waals surface area contributed by atoms with Crippen molar-refractivity contribution in [1.82, 2.24) is 9.88 Å². The van der Waals surface area contributed by atoms with Gasteiger partial charge < -0.3 is 9.47 Å². The van der Waals surface area contributed by atoms with Gasteiger partial charge in [-0.3, -0.25) is 14.7 Å². The highest BCUT2D eigenvalue weighted by Crippen LogP contribution is 2.43. The molecule has 4 saturated heterocycles. The second-order valence-corrected chi connectivity index (χ2v) is 8.91. The molecule has 0 radical (unpaired) electrons. The number of aromatic nitrogens is 1. The lowest BCUT2D eigenvalue weighted by Crippen LogP contribution is -2.55. The maximum atomic E-state index is 12.9. The lowest BCUT2D eigenvalue weighted by atomic mass is 9.73. The summed E-state index contributed by atoms with van der Waals surface area (Å²) in [6.07, 6.45) is 8.18. The number of rotatable bonds is 6. The third-order valence-corrected chi connectivity index (χ3v) is 7.17. The summed E-state index contributed by atoms with van der Waals surface area (Å²) in [7, 11) is 0. The number of ether oxygens (including phenoxy) is 2. The zero-order valence-electron chi connectivity index (χ0n) is 17.4. The number of hydrogen-bond donors (Lipinski definition) is 0. The van der Waals surface area contributed by atoms with Gasteiger partial charge in [0, 0.05) is 30.3 Å². The summed E-state index contributed by atoms with van der Waals surface area (Å²) in [4.78, 5) is 20.0. The molecule has 5 heterocycles. The highest BCUT2D eigenvalue weighted by Gasteiger charge is 2.44. The lowest BCUT2D eigenvalue weighted by molar-refractivity contribution is -0.159. The lowest BCUT2D eigenvalue weighted by Gasteiger charge is -2.51. The van der Waals surface area contributed by atoms with Gasteiger partial charge in [-0.1, -0.05) is 24.3 Å². The monoisotopic (exact) mass is 406 g/mol. The fourth-order valence-corrected chi connectivity index (χ4v) is 5.59. The molecule has 0 saturated carbocycles. The van der Waals surface area contributed by atoms with Crippen molar-refractivity contribution in [3.8, 4) is 0 Å². The second-order valence-electron chi connectivity index (χ2n) is 8.91. The number of piperidine rings is 3. The van der Waals surface area contributed by atoms with Crippen molar-refractivity contribution in [3.63, 3.8) is 0 Å². The number of hydrogen-bond acceptors (Lipinski definition) is 5.